The monoisotopic (exact) mass is 377 g/mol. The lowest BCUT2D eigenvalue weighted by Crippen LogP contribution is -2.41. The fraction of sp³-hybridized carbons (Fsp3) is 0.409. The zero-order chi connectivity index (χ0) is 19.7. The summed E-state index contributed by atoms with van der Waals surface area (Å²) >= 11 is 0. The van der Waals surface area contributed by atoms with Crippen LogP contribution in [0.25, 0.3) is 5.65 Å². The first-order valence-electron chi connectivity index (χ1n) is 9.92. The van der Waals surface area contributed by atoms with Gasteiger partial charge in [0.25, 0.3) is 0 Å². The Morgan fingerprint density at radius 1 is 1.07 bits per heavy atom. The number of nitrogens with zero attached hydrogens (tertiary/aromatic N) is 4. The van der Waals surface area contributed by atoms with Gasteiger partial charge in [-0.3, -0.25) is 4.79 Å². The van der Waals surface area contributed by atoms with Gasteiger partial charge >= 0.3 is 0 Å². The third-order valence-corrected chi connectivity index (χ3v) is 5.44. The van der Waals surface area contributed by atoms with E-state index >= 15 is 0 Å². The Balaban J connectivity index is 1.38. The number of aryl methyl sites for hydroxylation is 3. The van der Waals surface area contributed by atoms with Gasteiger partial charge in [0.15, 0.2) is 5.65 Å². The van der Waals surface area contributed by atoms with E-state index in [1.54, 1.807) is 0 Å². The van der Waals surface area contributed by atoms with E-state index in [2.05, 4.69) is 57.6 Å². The van der Waals surface area contributed by atoms with E-state index in [4.69, 9.17) is 0 Å². The molecule has 1 saturated heterocycles. The van der Waals surface area contributed by atoms with E-state index in [9.17, 15) is 4.79 Å². The summed E-state index contributed by atoms with van der Waals surface area (Å²) in [6.07, 6.45) is 1.70. The molecule has 4 rings (SSSR count). The van der Waals surface area contributed by atoms with Crippen molar-refractivity contribution in [1.82, 2.24) is 19.9 Å². The zero-order valence-electron chi connectivity index (χ0n) is 16.8. The number of hydrogen-bond acceptors (Lipinski definition) is 4. The molecule has 0 atom stereocenters. The lowest BCUT2D eigenvalue weighted by Gasteiger charge is -2.33. The van der Waals surface area contributed by atoms with E-state index in [1.165, 1.54) is 5.56 Å². The van der Waals surface area contributed by atoms with Crippen LogP contribution in [0.3, 0.4) is 0 Å². The summed E-state index contributed by atoms with van der Waals surface area (Å²) in [4.78, 5) is 19.5. The highest BCUT2D eigenvalue weighted by atomic mass is 16.1. The molecule has 6 nitrogen and oxygen atoms in total. The van der Waals surface area contributed by atoms with E-state index < -0.39 is 0 Å². The predicted octanol–water partition coefficient (Wildman–Crippen LogP) is 3.19. The number of nitrogens with one attached hydrogen (secondary N) is 1. The summed E-state index contributed by atoms with van der Waals surface area (Å²) < 4.78 is 1.92. The second-order valence-electron chi connectivity index (χ2n) is 7.78. The maximum atomic E-state index is 12.6. The molecule has 2 aromatic heterocycles. The van der Waals surface area contributed by atoms with E-state index in [1.807, 2.05) is 24.4 Å². The van der Waals surface area contributed by atoms with Gasteiger partial charge in [0.2, 0.25) is 5.91 Å². The average Bonchev–Trinajstić information content (AvgIpc) is 3.06. The molecule has 0 aliphatic carbocycles. The molecule has 6 heteroatoms. The van der Waals surface area contributed by atoms with Crippen LogP contribution in [-0.2, 0) is 11.3 Å². The molecule has 0 bridgehead atoms. The van der Waals surface area contributed by atoms with Crippen LogP contribution in [0.2, 0.25) is 0 Å². The van der Waals surface area contributed by atoms with Crippen LogP contribution in [0.1, 0.15) is 35.4 Å². The van der Waals surface area contributed by atoms with Crippen LogP contribution in [0.4, 0.5) is 5.82 Å². The van der Waals surface area contributed by atoms with Gasteiger partial charge in [0, 0.05) is 43.4 Å². The van der Waals surface area contributed by atoms with Crippen molar-refractivity contribution in [1.29, 1.82) is 0 Å². The van der Waals surface area contributed by atoms with Crippen LogP contribution in [0.5, 0.6) is 0 Å². The maximum absolute atomic E-state index is 12.6. The largest absolute Gasteiger partial charge is 0.356 e. The van der Waals surface area contributed by atoms with E-state index in [0.29, 0.717) is 6.54 Å². The minimum Gasteiger partial charge on any atom is -0.356 e. The first-order chi connectivity index (χ1) is 13.5. The first kappa shape index (κ1) is 18.5. The highest BCUT2D eigenvalue weighted by molar-refractivity contribution is 5.79. The van der Waals surface area contributed by atoms with Gasteiger partial charge in [-0.15, -0.1) is 0 Å². The Morgan fingerprint density at radius 2 is 1.79 bits per heavy atom. The second kappa shape index (κ2) is 7.62. The molecule has 3 heterocycles. The summed E-state index contributed by atoms with van der Waals surface area (Å²) in [5.41, 5.74) is 5.20. The van der Waals surface area contributed by atoms with E-state index in [0.717, 1.165) is 54.3 Å². The van der Waals surface area contributed by atoms with Gasteiger partial charge in [-0.25, -0.2) is 4.98 Å². The van der Waals surface area contributed by atoms with Crippen molar-refractivity contribution in [2.45, 2.75) is 40.2 Å². The number of carbonyl (C=O) groups is 1. The third kappa shape index (κ3) is 3.86. The summed E-state index contributed by atoms with van der Waals surface area (Å²) in [6, 6.07) is 12.4. The zero-order valence-corrected chi connectivity index (χ0v) is 16.8. The highest BCUT2D eigenvalue weighted by Gasteiger charge is 2.26. The van der Waals surface area contributed by atoms with Crippen molar-refractivity contribution in [3.63, 3.8) is 0 Å². The molecular formula is C22H27N5O. The number of anilines is 1. The molecule has 28 heavy (non-hydrogen) atoms. The lowest BCUT2D eigenvalue weighted by atomic mass is 9.95. The van der Waals surface area contributed by atoms with E-state index in [-0.39, 0.29) is 11.8 Å². The average molecular weight is 377 g/mol. The lowest BCUT2D eigenvalue weighted by molar-refractivity contribution is -0.125. The van der Waals surface area contributed by atoms with Crippen molar-refractivity contribution >= 4 is 17.4 Å². The molecule has 1 aliphatic heterocycles. The Labute approximate surface area is 165 Å². The molecule has 1 aromatic carbocycles. The standard InChI is InChI=1S/C22H27N5O/c1-15-4-6-18(7-5-15)14-23-22(28)19-8-10-26(11-9-19)21-13-16(2)24-20-12-17(3)25-27(20)21/h4-7,12-13,19H,8-11,14H2,1-3H3,(H,23,28). The van der Waals surface area contributed by atoms with Gasteiger partial charge in [0.05, 0.1) is 5.69 Å². The van der Waals surface area contributed by atoms with Crippen LogP contribution >= 0.6 is 0 Å². The summed E-state index contributed by atoms with van der Waals surface area (Å²) in [7, 11) is 0. The summed E-state index contributed by atoms with van der Waals surface area (Å²) in [5.74, 6) is 1.29. The molecular weight excluding hydrogens is 350 g/mol. The van der Waals surface area contributed by atoms with Crippen LogP contribution in [0.15, 0.2) is 36.4 Å². The van der Waals surface area contributed by atoms with Crippen LogP contribution in [-0.4, -0.2) is 33.6 Å². The van der Waals surface area contributed by atoms with Crippen molar-refractivity contribution in [3.05, 3.63) is 58.9 Å². The van der Waals surface area contributed by atoms with Crippen molar-refractivity contribution in [3.8, 4) is 0 Å². The van der Waals surface area contributed by atoms with Crippen molar-refractivity contribution < 1.29 is 4.79 Å². The number of fused-ring (bicyclic) bond motifs is 1. The molecule has 146 valence electrons. The molecule has 0 saturated carbocycles. The molecule has 3 aromatic rings. The van der Waals surface area contributed by atoms with Gasteiger partial charge < -0.3 is 10.2 Å². The molecule has 1 fully saturated rings. The number of rotatable bonds is 4. The maximum Gasteiger partial charge on any atom is 0.223 e. The second-order valence-corrected chi connectivity index (χ2v) is 7.78. The molecule has 1 N–H and O–H groups in total. The predicted molar refractivity (Wildman–Crippen MR) is 110 cm³/mol. The Morgan fingerprint density at radius 3 is 2.50 bits per heavy atom. The number of benzene rings is 1. The third-order valence-electron chi connectivity index (χ3n) is 5.44. The number of hydrogen-bond donors (Lipinski definition) is 1. The van der Waals surface area contributed by atoms with Crippen molar-refractivity contribution in [2.75, 3.05) is 18.0 Å². The van der Waals surface area contributed by atoms with Crippen LogP contribution in [0, 0.1) is 26.7 Å². The molecule has 0 spiro atoms. The highest BCUT2D eigenvalue weighted by Crippen LogP contribution is 2.25. The van der Waals surface area contributed by atoms with Crippen LogP contribution < -0.4 is 10.2 Å². The smallest absolute Gasteiger partial charge is 0.223 e. The summed E-state index contributed by atoms with van der Waals surface area (Å²) in [6.45, 7) is 8.35. The quantitative estimate of drug-likeness (QED) is 0.758. The topological polar surface area (TPSA) is 62.5 Å². The number of carbonyl (C=O) groups excluding carboxylic acids is 1. The minimum absolute atomic E-state index is 0.0690. The molecule has 0 radical (unpaired) electrons. The molecule has 0 unspecified atom stereocenters. The fourth-order valence-electron chi connectivity index (χ4n) is 3.83. The molecule has 1 aliphatic rings. The Hall–Kier alpha value is -2.89. The van der Waals surface area contributed by atoms with Gasteiger partial charge in [-0.05, 0) is 39.2 Å². The number of aromatic nitrogens is 3. The first-order valence-corrected chi connectivity index (χ1v) is 9.92. The fourth-order valence-corrected chi connectivity index (χ4v) is 3.83. The van der Waals surface area contributed by atoms with Gasteiger partial charge in [-0.2, -0.15) is 9.61 Å². The number of amides is 1. The van der Waals surface area contributed by atoms with Gasteiger partial charge in [0.1, 0.15) is 5.82 Å². The summed E-state index contributed by atoms with van der Waals surface area (Å²) in [5, 5.41) is 7.69. The normalized spacial score (nSPS) is 15.2. The number of piperidine rings is 1. The minimum atomic E-state index is 0.0690. The molecule has 1 amide bonds. The van der Waals surface area contributed by atoms with Gasteiger partial charge in [-0.1, -0.05) is 29.8 Å². The Kier molecular flexibility index (Phi) is 5.03. The Bertz CT molecular complexity index is 984. The SMILES string of the molecule is Cc1ccc(CNC(=O)C2CCN(c3cc(C)nc4cc(C)nn34)CC2)cc1. The van der Waals surface area contributed by atoms with Crippen molar-refractivity contribution in [2.24, 2.45) is 5.92 Å².